The predicted octanol–water partition coefficient (Wildman–Crippen LogP) is 2.61. The Morgan fingerprint density at radius 1 is 1.38 bits per heavy atom. The molecule has 0 aliphatic carbocycles. The molecule has 0 aliphatic rings. The zero-order valence-corrected chi connectivity index (χ0v) is 7.78. The standard InChI is InChI=1S/C10H13NO2/c1-7(2)10-8(3)5-4-6-9(10)11(12)13/h4-6,12-13H,1H2,2-3H3. The third kappa shape index (κ3) is 1.88. The van der Waals surface area contributed by atoms with Crippen LogP contribution in [-0.2, 0) is 0 Å². The lowest BCUT2D eigenvalue weighted by Gasteiger charge is -2.15. The SMILES string of the molecule is C=C(C)c1c(C)cccc1N(O)O. The van der Waals surface area contributed by atoms with Crippen LogP contribution in [0.5, 0.6) is 0 Å². The molecular weight excluding hydrogens is 166 g/mol. The summed E-state index contributed by atoms with van der Waals surface area (Å²) >= 11 is 0. The van der Waals surface area contributed by atoms with Crippen LogP contribution in [0.2, 0.25) is 0 Å². The van der Waals surface area contributed by atoms with Crippen molar-refractivity contribution in [2.45, 2.75) is 13.8 Å². The van der Waals surface area contributed by atoms with E-state index in [1.807, 2.05) is 19.9 Å². The first-order valence-electron chi connectivity index (χ1n) is 3.97. The zero-order chi connectivity index (χ0) is 10.0. The Kier molecular flexibility index (Phi) is 2.70. The molecule has 0 unspecified atom stereocenters. The lowest BCUT2D eigenvalue weighted by Crippen LogP contribution is -2.13. The van der Waals surface area contributed by atoms with Gasteiger partial charge in [-0.15, -0.1) is 5.23 Å². The number of benzene rings is 1. The molecule has 0 atom stereocenters. The predicted molar refractivity (Wildman–Crippen MR) is 51.9 cm³/mol. The molecule has 0 amide bonds. The van der Waals surface area contributed by atoms with Crippen LogP contribution in [0, 0.1) is 6.92 Å². The van der Waals surface area contributed by atoms with Gasteiger partial charge < -0.3 is 0 Å². The van der Waals surface area contributed by atoms with Crippen molar-refractivity contribution in [3.05, 3.63) is 35.9 Å². The van der Waals surface area contributed by atoms with Gasteiger partial charge in [0, 0.05) is 5.56 Å². The van der Waals surface area contributed by atoms with Crippen molar-refractivity contribution in [1.82, 2.24) is 0 Å². The molecular formula is C10H13NO2. The second-order valence-corrected chi connectivity index (χ2v) is 3.04. The van der Waals surface area contributed by atoms with Crippen molar-refractivity contribution < 1.29 is 10.4 Å². The van der Waals surface area contributed by atoms with Gasteiger partial charge in [0.2, 0.25) is 0 Å². The lowest BCUT2D eigenvalue weighted by atomic mass is 10.0. The number of aryl methyl sites for hydroxylation is 1. The molecule has 0 aliphatic heterocycles. The molecule has 0 aromatic heterocycles. The van der Waals surface area contributed by atoms with Crippen LogP contribution in [-0.4, -0.2) is 10.4 Å². The van der Waals surface area contributed by atoms with Gasteiger partial charge in [0.25, 0.3) is 0 Å². The topological polar surface area (TPSA) is 43.7 Å². The normalized spacial score (nSPS) is 9.85. The van der Waals surface area contributed by atoms with Crippen molar-refractivity contribution in [3.63, 3.8) is 0 Å². The Hall–Kier alpha value is -1.32. The van der Waals surface area contributed by atoms with Crippen molar-refractivity contribution in [1.29, 1.82) is 0 Å². The summed E-state index contributed by atoms with van der Waals surface area (Å²) in [6, 6.07) is 5.28. The van der Waals surface area contributed by atoms with E-state index < -0.39 is 0 Å². The second-order valence-electron chi connectivity index (χ2n) is 3.04. The summed E-state index contributed by atoms with van der Waals surface area (Å²) in [4.78, 5) is 0. The van der Waals surface area contributed by atoms with Gasteiger partial charge in [0.1, 0.15) is 5.69 Å². The maximum Gasteiger partial charge on any atom is 0.102 e. The summed E-state index contributed by atoms with van der Waals surface area (Å²) < 4.78 is 0. The molecule has 1 aromatic carbocycles. The Morgan fingerprint density at radius 3 is 2.38 bits per heavy atom. The molecule has 0 heterocycles. The van der Waals surface area contributed by atoms with Crippen molar-refractivity contribution in [2.24, 2.45) is 0 Å². The molecule has 0 fully saturated rings. The number of rotatable bonds is 2. The van der Waals surface area contributed by atoms with E-state index in [9.17, 15) is 0 Å². The highest BCUT2D eigenvalue weighted by Gasteiger charge is 2.09. The number of nitrogens with zero attached hydrogens (tertiary/aromatic N) is 1. The molecule has 0 bridgehead atoms. The quantitative estimate of drug-likeness (QED) is 0.686. The van der Waals surface area contributed by atoms with Crippen LogP contribution >= 0.6 is 0 Å². The number of allylic oxidation sites excluding steroid dienone is 1. The van der Waals surface area contributed by atoms with Gasteiger partial charge in [-0.05, 0) is 31.1 Å². The van der Waals surface area contributed by atoms with Crippen LogP contribution in [0.4, 0.5) is 5.69 Å². The fraction of sp³-hybridized carbons (Fsp3) is 0.200. The van der Waals surface area contributed by atoms with Crippen molar-refractivity contribution in [2.75, 3.05) is 5.23 Å². The second kappa shape index (κ2) is 3.60. The summed E-state index contributed by atoms with van der Waals surface area (Å²) in [6.07, 6.45) is 0. The maximum atomic E-state index is 8.93. The Bertz CT molecular complexity index is 332. The van der Waals surface area contributed by atoms with Gasteiger partial charge in [-0.3, -0.25) is 10.4 Å². The van der Waals surface area contributed by atoms with Gasteiger partial charge in [-0.2, -0.15) is 0 Å². The van der Waals surface area contributed by atoms with E-state index in [-0.39, 0.29) is 5.23 Å². The van der Waals surface area contributed by atoms with Crippen LogP contribution in [0.15, 0.2) is 24.8 Å². The Labute approximate surface area is 77.5 Å². The van der Waals surface area contributed by atoms with Gasteiger partial charge >= 0.3 is 0 Å². The number of hydrogen-bond donors (Lipinski definition) is 2. The molecule has 0 radical (unpaired) electrons. The Morgan fingerprint density at radius 2 is 2.00 bits per heavy atom. The van der Waals surface area contributed by atoms with Crippen LogP contribution in [0.25, 0.3) is 5.57 Å². The summed E-state index contributed by atoms with van der Waals surface area (Å²) in [7, 11) is 0. The lowest BCUT2D eigenvalue weighted by molar-refractivity contribution is 0.0290. The van der Waals surface area contributed by atoms with Gasteiger partial charge in [-0.1, -0.05) is 18.7 Å². The zero-order valence-electron chi connectivity index (χ0n) is 7.78. The van der Waals surface area contributed by atoms with Gasteiger partial charge in [-0.25, -0.2) is 0 Å². The molecule has 3 heteroatoms. The highest BCUT2D eigenvalue weighted by atomic mass is 16.8. The fourth-order valence-electron chi connectivity index (χ4n) is 1.37. The highest BCUT2D eigenvalue weighted by molar-refractivity contribution is 5.75. The minimum Gasteiger partial charge on any atom is -0.264 e. The van der Waals surface area contributed by atoms with Crippen LogP contribution in [0.3, 0.4) is 0 Å². The average Bonchev–Trinajstić information content (AvgIpc) is 2.02. The third-order valence-corrected chi connectivity index (χ3v) is 1.89. The first-order chi connectivity index (χ1) is 6.04. The summed E-state index contributed by atoms with van der Waals surface area (Å²) in [5, 5.41) is 18.0. The summed E-state index contributed by atoms with van der Waals surface area (Å²) in [5.41, 5.74) is 2.90. The van der Waals surface area contributed by atoms with E-state index in [1.165, 1.54) is 0 Å². The summed E-state index contributed by atoms with van der Waals surface area (Å²) in [5.74, 6) is 0. The molecule has 2 N–H and O–H groups in total. The molecule has 0 saturated heterocycles. The first-order valence-corrected chi connectivity index (χ1v) is 3.97. The third-order valence-electron chi connectivity index (χ3n) is 1.89. The minimum atomic E-state index is 0.122. The first kappa shape index (κ1) is 9.77. The summed E-state index contributed by atoms with van der Waals surface area (Å²) in [6.45, 7) is 7.51. The van der Waals surface area contributed by atoms with Crippen LogP contribution in [0.1, 0.15) is 18.1 Å². The van der Waals surface area contributed by atoms with E-state index in [0.29, 0.717) is 5.69 Å². The van der Waals surface area contributed by atoms with E-state index in [4.69, 9.17) is 10.4 Å². The fourth-order valence-corrected chi connectivity index (χ4v) is 1.37. The van der Waals surface area contributed by atoms with E-state index in [0.717, 1.165) is 16.7 Å². The number of anilines is 1. The molecule has 13 heavy (non-hydrogen) atoms. The Balaban J connectivity index is 3.34. The number of hydrogen-bond acceptors (Lipinski definition) is 3. The molecule has 1 rings (SSSR count). The molecule has 0 spiro atoms. The van der Waals surface area contributed by atoms with Crippen LogP contribution < -0.4 is 5.23 Å². The van der Waals surface area contributed by atoms with E-state index in [2.05, 4.69) is 6.58 Å². The van der Waals surface area contributed by atoms with E-state index in [1.54, 1.807) is 12.1 Å². The molecule has 70 valence electrons. The van der Waals surface area contributed by atoms with Crippen molar-refractivity contribution >= 4 is 11.3 Å². The van der Waals surface area contributed by atoms with Crippen molar-refractivity contribution in [3.8, 4) is 0 Å². The molecule has 0 saturated carbocycles. The molecule has 1 aromatic rings. The molecule has 3 nitrogen and oxygen atoms in total. The maximum absolute atomic E-state index is 8.93. The monoisotopic (exact) mass is 179 g/mol. The smallest absolute Gasteiger partial charge is 0.102 e. The van der Waals surface area contributed by atoms with E-state index >= 15 is 0 Å². The van der Waals surface area contributed by atoms with Gasteiger partial charge in [0.05, 0.1) is 0 Å². The minimum absolute atomic E-state index is 0.122. The van der Waals surface area contributed by atoms with Gasteiger partial charge in [0.15, 0.2) is 0 Å². The average molecular weight is 179 g/mol. The largest absolute Gasteiger partial charge is 0.264 e. The highest BCUT2D eigenvalue weighted by Crippen LogP contribution is 2.27.